The minimum Gasteiger partial charge on any atom is -0.495 e. The molecule has 0 saturated heterocycles. The topological polar surface area (TPSA) is 45.0 Å². The molecule has 1 fully saturated rings. The van der Waals surface area contributed by atoms with Gasteiger partial charge in [0.1, 0.15) is 11.8 Å². The number of nitriles is 1. The van der Waals surface area contributed by atoms with E-state index in [1.807, 2.05) is 18.2 Å². The first-order chi connectivity index (χ1) is 8.73. The van der Waals surface area contributed by atoms with Crippen molar-refractivity contribution in [3.63, 3.8) is 0 Å². The summed E-state index contributed by atoms with van der Waals surface area (Å²) in [6, 6.07) is 7.94. The third kappa shape index (κ3) is 2.83. The number of benzene rings is 1. The molecule has 0 spiro atoms. The van der Waals surface area contributed by atoms with Crippen molar-refractivity contribution in [3.05, 3.63) is 29.3 Å². The molecule has 0 atom stereocenters. The molecule has 1 aromatic carbocycles. The zero-order valence-corrected chi connectivity index (χ0v) is 11.1. The predicted octanol–water partition coefficient (Wildman–Crippen LogP) is 2.85. The van der Waals surface area contributed by atoms with E-state index in [9.17, 15) is 0 Å². The summed E-state index contributed by atoms with van der Waals surface area (Å²) < 4.78 is 5.13. The van der Waals surface area contributed by atoms with E-state index >= 15 is 0 Å². The Morgan fingerprint density at radius 1 is 1.44 bits per heavy atom. The Morgan fingerprint density at radius 3 is 2.78 bits per heavy atom. The van der Waals surface area contributed by atoms with Crippen LogP contribution in [0.25, 0.3) is 0 Å². The molecule has 1 aliphatic carbocycles. The zero-order chi connectivity index (χ0) is 13.0. The lowest BCUT2D eigenvalue weighted by Crippen LogP contribution is -2.23. The highest BCUT2D eigenvalue weighted by molar-refractivity contribution is 5.45. The fraction of sp³-hybridized carbons (Fsp3) is 0.533. The molecule has 96 valence electrons. The smallest absolute Gasteiger partial charge is 0.136 e. The van der Waals surface area contributed by atoms with Gasteiger partial charge in [-0.15, -0.1) is 0 Å². The van der Waals surface area contributed by atoms with Gasteiger partial charge < -0.3 is 10.1 Å². The monoisotopic (exact) mass is 244 g/mol. The lowest BCUT2D eigenvalue weighted by Gasteiger charge is -2.13. The lowest BCUT2D eigenvalue weighted by molar-refractivity contribution is 0.413. The van der Waals surface area contributed by atoms with Crippen LogP contribution in [0.15, 0.2) is 18.2 Å². The molecule has 18 heavy (non-hydrogen) atoms. The summed E-state index contributed by atoms with van der Waals surface area (Å²) in [5.74, 6) is 0.647. The maximum absolute atomic E-state index is 9.03. The van der Waals surface area contributed by atoms with Gasteiger partial charge in [0.2, 0.25) is 0 Å². The van der Waals surface area contributed by atoms with E-state index in [1.54, 1.807) is 7.11 Å². The second-order valence-electron chi connectivity index (χ2n) is 5.10. The Morgan fingerprint density at radius 2 is 2.22 bits per heavy atom. The maximum atomic E-state index is 9.03. The van der Waals surface area contributed by atoms with Gasteiger partial charge in [-0.2, -0.15) is 5.26 Å². The van der Waals surface area contributed by atoms with Crippen LogP contribution in [-0.4, -0.2) is 13.7 Å². The maximum Gasteiger partial charge on any atom is 0.136 e. The molecular formula is C15H20N2O. The van der Waals surface area contributed by atoms with Gasteiger partial charge in [0.15, 0.2) is 0 Å². The van der Waals surface area contributed by atoms with E-state index in [0.717, 1.165) is 18.7 Å². The molecule has 1 aliphatic rings. The second-order valence-corrected chi connectivity index (χ2v) is 5.10. The van der Waals surface area contributed by atoms with Gasteiger partial charge in [-0.05, 0) is 42.4 Å². The summed E-state index contributed by atoms with van der Waals surface area (Å²) in [4.78, 5) is 0. The van der Waals surface area contributed by atoms with Crippen LogP contribution in [0.1, 0.15) is 37.3 Å². The van der Waals surface area contributed by atoms with Crippen molar-refractivity contribution in [3.8, 4) is 11.8 Å². The molecule has 0 amide bonds. The molecule has 1 N–H and O–H groups in total. The van der Waals surface area contributed by atoms with Gasteiger partial charge in [0, 0.05) is 13.1 Å². The van der Waals surface area contributed by atoms with E-state index in [-0.39, 0.29) is 0 Å². The number of rotatable bonds is 6. The minimum atomic E-state index is 0.560. The molecule has 3 nitrogen and oxygen atoms in total. The van der Waals surface area contributed by atoms with Gasteiger partial charge in [0.25, 0.3) is 0 Å². The van der Waals surface area contributed by atoms with Crippen molar-refractivity contribution >= 4 is 0 Å². The van der Waals surface area contributed by atoms with Crippen molar-refractivity contribution in [2.75, 3.05) is 13.7 Å². The molecule has 1 aromatic rings. The van der Waals surface area contributed by atoms with Crippen molar-refractivity contribution in [1.29, 1.82) is 5.26 Å². The van der Waals surface area contributed by atoms with Gasteiger partial charge in [-0.3, -0.25) is 0 Å². The molecule has 1 saturated carbocycles. The quantitative estimate of drug-likeness (QED) is 0.837. The Kier molecular flexibility index (Phi) is 3.88. The third-order valence-corrected chi connectivity index (χ3v) is 3.92. The highest BCUT2D eigenvalue weighted by Gasteiger charge is 2.39. The number of nitrogens with one attached hydrogen (secondary N) is 1. The highest BCUT2D eigenvalue weighted by Crippen LogP contribution is 2.47. The van der Waals surface area contributed by atoms with Crippen LogP contribution < -0.4 is 10.1 Å². The molecule has 0 aliphatic heterocycles. The van der Waals surface area contributed by atoms with Crippen molar-refractivity contribution < 1.29 is 4.74 Å². The number of methoxy groups -OCH3 is 1. The molecule has 3 heteroatoms. The molecule has 0 radical (unpaired) electrons. The van der Waals surface area contributed by atoms with Crippen LogP contribution in [0.3, 0.4) is 0 Å². The van der Waals surface area contributed by atoms with E-state index < -0.39 is 0 Å². The first-order valence-corrected chi connectivity index (χ1v) is 6.51. The Hall–Kier alpha value is -1.53. The van der Waals surface area contributed by atoms with Gasteiger partial charge in [0.05, 0.1) is 12.7 Å². The number of nitrogens with zero attached hydrogens (tertiary/aromatic N) is 1. The summed E-state index contributed by atoms with van der Waals surface area (Å²) in [5.41, 5.74) is 2.30. The van der Waals surface area contributed by atoms with Crippen LogP contribution >= 0.6 is 0 Å². The van der Waals surface area contributed by atoms with E-state index in [1.165, 1.54) is 19.3 Å². The Bertz CT molecular complexity index is 458. The standard InChI is InChI=1S/C15H20N2O/c1-3-15(6-7-15)11-17-10-12-4-5-14(18-2)13(8-12)9-16/h4-5,8,17H,3,6-7,10-11H2,1-2H3. The van der Waals surface area contributed by atoms with Crippen molar-refractivity contribution in [1.82, 2.24) is 5.32 Å². The normalized spacial score (nSPS) is 16.1. The van der Waals surface area contributed by atoms with Crippen LogP contribution in [0.2, 0.25) is 0 Å². The molecular weight excluding hydrogens is 224 g/mol. The molecule has 0 aromatic heterocycles. The first kappa shape index (κ1) is 12.9. The Labute approximate surface area is 109 Å². The fourth-order valence-corrected chi connectivity index (χ4v) is 2.26. The van der Waals surface area contributed by atoms with Gasteiger partial charge >= 0.3 is 0 Å². The number of hydrogen-bond donors (Lipinski definition) is 1. The zero-order valence-electron chi connectivity index (χ0n) is 11.1. The van der Waals surface area contributed by atoms with Crippen LogP contribution in [0.4, 0.5) is 0 Å². The van der Waals surface area contributed by atoms with Crippen LogP contribution in [0, 0.1) is 16.7 Å². The molecule has 2 rings (SSSR count). The average molecular weight is 244 g/mol. The van der Waals surface area contributed by atoms with Crippen molar-refractivity contribution in [2.24, 2.45) is 5.41 Å². The predicted molar refractivity (Wildman–Crippen MR) is 71.4 cm³/mol. The molecule has 0 bridgehead atoms. The summed E-state index contributed by atoms with van der Waals surface area (Å²) in [7, 11) is 1.59. The molecule has 0 unspecified atom stereocenters. The van der Waals surface area contributed by atoms with Crippen molar-refractivity contribution in [2.45, 2.75) is 32.7 Å². The fourth-order valence-electron chi connectivity index (χ4n) is 2.26. The highest BCUT2D eigenvalue weighted by atomic mass is 16.5. The third-order valence-electron chi connectivity index (χ3n) is 3.92. The number of ether oxygens (including phenoxy) is 1. The number of hydrogen-bond acceptors (Lipinski definition) is 3. The van der Waals surface area contributed by atoms with Gasteiger partial charge in [-0.25, -0.2) is 0 Å². The van der Waals surface area contributed by atoms with E-state index in [4.69, 9.17) is 10.00 Å². The summed E-state index contributed by atoms with van der Waals surface area (Å²) in [5, 5.41) is 12.5. The Balaban J connectivity index is 1.92. The SMILES string of the molecule is CCC1(CNCc2ccc(OC)c(C#N)c2)CC1. The first-order valence-electron chi connectivity index (χ1n) is 6.51. The summed E-state index contributed by atoms with van der Waals surface area (Å²) >= 11 is 0. The van der Waals surface area contributed by atoms with E-state index in [0.29, 0.717) is 16.7 Å². The van der Waals surface area contributed by atoms with Gasteiger partial charge in [-0.1, -0.05) is 13.0 Å². The van der Waals surface area contributed by atoms with E-state index in [2.05, 4.69) is 18.3 Å². The van der Waals surface area contributed by atoms with Crippen LogP contribution in [0.5, 0.6) is 5.75 Å². The molecule has 0 heterocycles. The second kappa shape index (κ2) is 5.41. The summed E-state index contributed by atoms with van der Waals surface area (Å²) in [6.45, 7) is 4.16. The average Bonchev–Trinajstić information content (AvgIpc) is 3.19. The minimum absolute atomic E-state index is 0.560. The lowest BCUT2D eigenvalue weighted by atomic mass is 10.0. The van der Waals surface area contributed by atoms with Crippen LogP contribution in [-0.2, 0) is 6.54 Å². The summed E-state index contributed by atoms with van der Waals surface area (Å²) in [6.07, 6.45) is 3.96. The largest absolute Gasteiger partial charge is 0.495 e.